The minimum Gasteiger partial charge on any atom is -0.300 e. The number of hydrogen-bond acceptors (Lipinski definition) is 3. The Morgan fingerprint density at radius 1 is 1.60 bits per heavy atom. The fourth-order valence-electron chi connectivity index (χ4n) is 1.37. The van der Waals surface area contributed by atoms with Gasteiger partial charge in [0.25, 0.3) is 0 Å². The predicted octanol–water partition coefficient (Wildman–Crippen LogP) is 3.73. The van der Waals surface area contributed by atoms with Gasteiger partial charge in [0.2, 0.25) is 0 Å². The highest BCUT2D eigenvalue weighted by atomic mass is 35.5. The van der Waals surface area contributed by atoms with Gasteiger partial charge in [0.15, 0.2) is 10.6 Å². The molecule has 0 saturated carbocycles. The number of nitrogens with zero attached hydrogens (tertiary/aromatic N) is 2. The molecule has 2 aromatic heterocycles. The average molecular weight is 260 g/mol. The Labute approximate surface area is 102 Å². The van der Waals surface area contributed by atoms with Crippen LogP contribution in [0.3, 0.4) is 0 Å². The van der Waals surface area contributed by atoms with Crippen molar-refractivity contribution in [3.63, 3.8) is 0 Å². The second-order valence-electron chi connectivity index (χ2n) is 3.11. The Balaban J connectivity index is 2.48. The molecule has 0 radical (unpaired) electrons. The first-order chi connectivity index (χ1) is 7.22. The molecule has 0 spiro atoms. The van der Waals surface area contributed by atoms with E-state index < -0.39 is 0 Å². The predicted molar refractivity (Wildman–Crippen MR) is 66.0 cm³/mol. The van der Waals surface area contributed by atoms with Crippen LogP contribution < -0.4 is 0 Å². The van der Waals surface area contributed by atoms with Gasteiger partial charge in [0, 0.05) is 6.54 Å². The summed E-state index contributed by atoms with van der Waals surface area (Å²) in [5.74, 6) is 0.874. The topological polar surface area (TPSA) is 33.6 Å². The maximum atomic E-state index is 5.89. The molecule has 2 heterocycles. The van der Waals surface area contributed by atoms with Crippen molar-refractivity contribution in [2.75, 3.05) is 0 Å². The molecule has 80 valence electrons. The van der Waals surface area contributed by atoms with E-state index in [9.17, 15) is 0 Å². The summed E-state index contributed by atoms with van der Waals surface area (Å²) in [6.45, 7) is 2.99. The lowest BCUT2D eigenvalue weighted by Gasteiger charge is -2.01. The van der Waals surface area contributed by atoms with Gasteiger partial charge in [-0.3, -0.25) is 9.67 Å². The molecule has 15 heavy (non-hydrogen) atoms. The van der Waals surface area contributed by atoms with E-state index in [4.69, 9.17) is 23.8 Å². The summed E-state index contributed by atoms with van der Waals surface area (Å²) in [6.07, 6.45) is 1.03. The van der Waals surface area contributed by atoms with Crippen molar-refractivity contribution in [1.29, 1.82) is 0 Å². The smallest absolute Gasteiger partial charge is 0.195 e. The molecule has 3 nitrogen and oxygen atoms in total. The van der Waals surface area contributed by atoms with E-state index in [1.165, 1.54) is 11.3 Å². The van der Waals surface area contributed by atoms with Gasteiger partial charge in [-0.1, -0.05) is 18.5 Å². The van der Waals surface area contributed by atoms with Crippen molar-refractivity contribution in [1.82, 2.24) is 14.8 Å². The standard InChI is InChI=1S/C9H10ClN3S2/c1-2-5-13-8(11-12-9(13)14)6-3-4-7(10)15-6/h3-4H,2,5H2,1H3,(H,12,14). The molecule has 0 bridgehead atoms. The van der Waals surface area contributed by atoms with Crippen molar-refractivity contribution >= 4 is 35.2 Å². The van der Waals surface area contributed by atoms with E-state index in [0.717, 1.165) is 28.0 Å². The summed E-state index contributed by atoms with van der Waals surface area (Å²) in [7, 11) is 0. The molecular formula is C9H10ClN3S2. The first-order valence-corrected chi connectivity index (χ1v) is 6.23. The van der Waals surface area contributed by atoms with Crippen molar-refractivity contribution in [3.05, 3.63) is 21.2 Å². The van der Waals surface area contributed by atoms with E-state index in [-0.39, 0.29) is 0 Å². The Kier molecular flexibility index (Phi) is 3.23. The molecule has 0 aromatic carbocycles. The zero-order valence-electron chi connectivity index (χ0n) is 8.16. The molecule has 2 aromatic rings. The Bertz CT molecular complexity index is 511. The molecule has 0 aliphatic carbocycles. The molecule has 0 aliphatic heterocycles. The summed E-state index contributed by atoms with van der Waals surface area (Å²) in [5.41, 5.74) is 0. The van der Waals surface area contributed by atoms with Crippen LogP contribution >= 0.6 is 35.2 Å². The van der Waals surface area contributed by atoms with Crippen LogP contribution in [0, 0.1) is 4.77 Å². The van der Waals surface area contributed by atoms with Crippen molar-refractivity contribution < 1.29 is 0 Å². The lowest BCUT2D eigenvalue weighted by Crippen LogP contribution is -1.98. The first kappa shape index (κ1) is 10.9. The molecular weight excluding hydrogens is 250 g/mol. The normalized spacial score (nSPS) is 10.8. The minimum absolute atomic E-state index is 0.663. The second kappa shape index (κ2) is 4.47. The summed E-state index contributed by atoms with van der Waals surface area (Å²) in [5, 5.41) is 7.02. The molecule has 0 unspecified atom stereocenters. The molecule has 1 N–H and O–H groups in total. The maximum Gasteiger partial charge on any atom is 0.195 e. The van der Waals surface area contributed by atoms with Gasteiger partial charge in [-0.15, -0.1) is 11.3 Å². The zero-order chi connectivity index (χ0) is 10.8. The maximum absolute atomic E-state index is 5.89. The molecule has 0 atom stereocenters. The first-order valence-electron chi connectivity index (χ1n) is 4.63. The summed E-state index contributed by atoms with van der Waals surface area (Å²) >= 11 is 12.6. The number of nitrogens with one attached hydrogen (secondary N) is 1. The lowest BCUT2D eigenvalue weighted by atomic mass is 10.4. The summed E-state index contributed by atoms with van der Waals surface area (Å²) in [4.78, 5) is 1.04. The van der Waals surface area contributed by atoms with Crippen molar-refractivity contribution in [2.45, 2.75) is 19.9 Å². The van der Waals surface area contributed by atoms with Gasteiger partial charge in [0.1, 0.15) is 0 Å². The Morgan fingerprint density at radius 3 is 3.00 bits per heavy atom. The van der Waals surface area contributed by atoms with Gasteiger partial charge in [0.05, 0.1) is 9.21 Å². The lowest BCUT2D eigenvalue weighted by molar-refractivity contribution is 0.675. The number of hydrogen-bond donors (Lipinski definition) is 1. The Morgan fingerprint density at radius 2 is 2.40 bits per heavy atom. The summed E-state index contributed by atoms with van der Waals surface area (Å²) < 4.78 is 3.43. The highest BCUT2D eigenvalue weighted by Gasteiger charge is 2.09. The molecule has 2 rings (SSSR count). The van der Waals surface area contributed by atoms with E-state index in [0.29, 0.717) is 4.77 Å². The highest BCUT2D eigenvalue weighted by molar-refractivity contribution is 7.71. The summed E-state index contributed by atoms with van der Waals surface area (Å²) in [6, 6.07) is 3.83. The van der Waals surface area contributed by atoms with Crippen LogP contribution in [0.25, 0.3) is 10.7 Å². The zero-order valence-corrected chi connectivity index (χ0v) is 10.5. The van der Waals surface area contributed by atoms with Gasteiger partial charge in [-0.2, -0.15) is 5.10 Å². The third kappa shape index (κ3) is 2.14. The third-order valence-corrected chi connectivity index (χ3v) is 3.54. The SMILES string of the molecule is CCCn1c(-c2ccc(Cl)s2)n[nH]c1=S. The van der Waals surface area contributed by atoms with Gasteiger partial charge in [-0.05, 0) is 30.8 Å². The largest absolute Gasteiger partial charge is 0.300 e. The van der Waals surface area contributed by atoms with Crippen LogP contribution in [0.1, 0.15) is 13.3 Å². The number of H-pyrrole nitrogens is 1. The Hall–Kier alpha value is -0.650. The number of rotatable bonds is 3. The van der Waals surface area contributed by atoms with E-state index in [1.54, 1.807) is 0 Å². The van der Waals surface area contributed by atoms with Crippen LogP contribution in [-0.4, -0.2) is 14.8 Å². The van der Waals surface area contributed by atoms with Crippen molar-refractivity contribution in [2.24, 2.45) is 0 Å². The van der Waals surface area contributed by atoms with Crippen LogP contribution in [-0.2, 0) is 6.54 Å². The fourth-order valence-corrected chi connectivity index (χ4v) is 2.64. The molecule has 6 heteroatoms. The van der Waals surface area contributed by atoms with Crippen LogP contribution in [0.4, 0.5) is 0 Å². The van der Waals surface area contributed by atoms with Crippen LogP contribution in [0.2, 0.25) is 4.34 Å². The fraction of sp³-hybridized carbons (Fsp3) is 0.333. The quantitative estimate of drug-likeness (QED) is 0.852. The third-order valence-electron chi connectivity index (χ3n) is 2.00. The highest BCUT2D eigenvalue weighted by Crippen LogP contribution is 2.29. The van der Waals surface area contributed by atoms with Gasteiger partial charge < -0.3 is 0 Å². The average Bonchev–Trinajstić information content (AvgIpc) is 2.76. The number of thiophene rings is 1. The van der Waals surface area contributed by atoms with E-state index >= 15 is 0 Å². The van der Waals surface area contributed by atoms with Crippen molar-refractivity contribution in [3.8, 4) is 10.7 Å². The number of halogens is 1. The van der Waals surface area contributed by atoms with E-state index in [1.807, 2.05) is 16.7 Å². The van der Waals surface area contributed by atoms with Gasteiger partial charge >= 0.3 is 0 Å². The minimum atomic E-state index is 0.663. The number of aromatic nitrogens is 3. The second-order valence-corrected chi connectivity index (χ2v) is 5.21. The number of aromatic amines is 1. The van der Waals surface area contributed by atoms with E-state index in [2.05, 4.69) is 17.1 Å². The molecule has 0 fully saturated rings. The molecule has 0 amide bonds. The van der Waals surface area contributed by atoms with Gasteiger partial charge in [-0.25, -0.2) is 0 Å². The van der Waals surface area contributed by atoms with Crippen LogP contribution in [0.15, 0.2) is 12.1 Å². The van der Waals surface area contributed by atoms with Crippen LogP contribution in [0.5, 0.6) is 0 Å². The molecule has 0 aliphatic rings. The monoisotopic (exact) mass is 259 g/mol. The molecule has 0 saturated heterocycles.